The zero-order valence-corrected chi connectivity index (χ0v) is 12.3. The Hall–Kier alpha value is -0.620. The number of furan rings is 1. The third kappa shape index (κ3) is 2.16. The minimum atomic E-state index is -0.0648. The molecule has 0 bridgehead atoms. The van der Waals surface area contributed by atoms with Gasteiger partial charge < -0.3 is 4.42 Å². The molecule has 0 radical (unpaired) electrons. The fourth-order valence-electron chi connectivity index (χ4n) is 2.45. The van der Waals surface area contributed by atoms with Gasteiger partial charge in [0.25, 0.3) is 0 Å². The lowest BCUT2D eigenvalue weighted by atomic mass is 9.98. The van der Waals surface area contributed by atoms with Crippen LogP contribution in [0.5, 0.6) is 0 Å². The average molecular weight is 327 g/mol. The summed E-state index contributed by atoms with van der Waals surface area (Å²) in [5.74, 6) is 6.54. The maximum absolute atomic E-state index is 5.70. The van der Waals surface area contributed by atoms with Gasteiger partial charge in [-0.1, -0.05) is 0 Å². The Kier molecular flexibility index (Phi) is 3.56. The van der Waals surface area contributed by atoms with E-state index in [9.17, 15) is 0 Å². The smallest absolute Gasteiger partial charge is 0.141 e. The molecular weight excluding hydrogens is 312 g/mol. The van der Waals surface area contributed by atoms with E-state index < -0.39 is 0 Å². The van der Waals surface area contributed by atoms with Crippen molar-refractivity contribution in [2.45, 2.75) is 31.7 Å². The molecule has 0 aliphatic heterocycles. The molecule has 18 heavy (non-hydrogen) atoms. The minimum absolute atomic E-state index is 0.0648. The molecular formula is C13H15BrN2OS. The number of nitrogens with two attached hydrogens (primary N) is 1. The van der Waals surface area contributed by atoms with Crippen LogP contribution >= 0.6 is 27.3 Å². The van der Waals surface area contributed by atoms with Crippen molar-refractivity contribution < 1.29 is 4.42 Å². The summed E-state index contributed by atoms with van der Waals surface area (Å²) in [5.41, 5.74) is 4.35. The van der Waals surface area contributed by atoms with Crippen LogP contribution in [0.15, 0.2) is 27.3 Å². The van der Waals surface area contributed by atoms with Crippen molar-refractivity contribution in [2.75, 3.05) is 0 Å². The number of hydrogen-bond donors (Lipinski definition) is 2. The molecule has 2 aromatic heterocycles. The second kappa shape index (κ2) is 5.17. The molecule has 3 N–H and O–H groups in total. The second-order valence-electron chi connectivity index (χ2n) is 4.54. The lowest BCUT2D eigenvalue weighted by Gasteiger charge is -2.11. The molecule has 0 fully saturated rings. The molecule has 0 aromatic carbocycles. The number of halogens is 1. The molecule has 0 saturated carbocycles. The summed E-state index contributed by atoms with van der Waals surface area (Å²) >= 11 is 5.34. The molecule has 2 aromatic rings. The molecule has 3 rings (SSSR count). The number of hydrazine groups is 1. The fraction of sp³-hybridized carbons (Fsp3) is 0.385. The molecule has 1 aliphatic rings. The molecule has 1 unspecified atom stereocenters. The summed E-state index contributed by atoms with van der Waals surface area (Å²) in [6.07, 6.45) is 6.68. The third-order valence-electron chi connectivity index (χ3n) is 3.37. The Morgan fingerprint density at radius 1 is 1.39 bits per heavy atom. The lowest BCUT2D eigenvalue weighted by molar-refractivity contribution is 0.453. The quantitative estimate of drug-likeness (QED) is 0.670. The molecule has 0 saturated heterocycles. The second-order valence-corrected chi connectivity index (χ2v) is 6.56. The van der Waals surface area contributed by atoms with Gasteiger partial charge in [0.2, 0.25) is 0 Å². The maximum atomic E-state index is 5.70. The summed E-state index contributed by atoms with van der Waals surface area (Å²) in [6.45, 7) is 0. The lowest BCUT2D eigenvalue weighted by Crippen LogP contribution is -2.28. The van der Waals surface area contributed by atoms with E-state index in [1.165, 1.54) is 41.0 Å². The number of hydrogen-bond acceptors (Lipinski definition) is 4. The number of rotatable bonds is 3. The standard InChI is InChI=1S/C13H15BrN2OS/c14-9-5-6-17-13(9)12(16-15)11-7-8-3-1-2-4-10(8)18-11/h5-7,12,16H,1-4,15H2. The number of fused-ring (bicyclic) bond motifs is 1. The molecule has 0 amide bonds. The highest BCUT2D eigenvalue weighted by Gasteiger charge is 2.23. The van der Waals surface area contributed by atoms with Crippen LogP contribution in [0.2, 0.25) is 0 Å². The van der Waals surface area contributed by atoms with Gasteiger partial charge >= 0.3 is 0 Å². The summed E-state index contributed by atoms with van der Waals surface area (Å²) < 4.78 is 6.48. The Morgan fingerprint density at radius 2 is 2.22 bits per heavy atom. The van der Waals surface area contributed by atoms with Crippen molar-refractivity contribution in [2.24, 2.45) is 5.84 Å². The molecule has 1 aliphatic carbocycles. The zero-order valence-electron chi connectivity index (χ0n) is 9.91. The normalized spacial score (nSPS) is 16.6. The maximum Gasteiger partial charge on any atom is 0.141 e. The largest absolute Gasteiger partial charge is 0.466 e. The molecule has 2 heterocycles. The van der Waals surface area contributed by atoms with Crippen molar-refractivity contribution in [3.05, 3.63) is 43.9 Å². The van der Waals surface area contributed by atoms with Gasteiger partial charge in [-0.25, -0.2) is 5.43 Å². The number of nitrogens with one attached hydrogen (secondary N) is 1. The van der Waals surface area contributed by atoms with Crippen LogP contribution in [-0.4, -0.2) is 0 Å². The van der Waals surface area contributed by atoms with Gasteiger partial charge in [0.1, 0.15) is 11.8 Å². The van der Waals surface area contributed by atoms with Gasteiger partial charge in [-0.15, -0.1) is 11.3 Å². The van der Waals surface area contributed by atoms with Crippen molar-refractivity contribution in [1.82, 2.24) is 5.43 Å². The van der Waals surface area contributed by atoms with E-state index in [0.717, 1.165) is 10.2 Å². The predicted octanol–water partition coefficient (Wildman–Crippen LogP) is 3.54. The van der Waals surface area contributed by atoms with Crippen molar-refractivity contribution in [3.8, 4) is 0 Å². The highest BCUT2D eigenvalue weighted by atomic mass is 79.9. The van der Waals surface area contributed by atoms with Crippen LogP contribution in [0.25, 0.3) is 0 Å². The van der Waals surface area contributed by atoms with Crippen LogP contribution < -0.4 is 11.3 Å². The van der Waals surface area contributed by atoms with E-state index in [1.54, 1.807) is 6.26 Å². The number of aryl methyl sites for hydroxylation is 2. The average Bonchev–Trinajstić information content (AvgIpc) is 2.97. The zero-order chi connectivity index (χ0) is 12.5. The van der Waals surface area contributed by atoms with E-state index >= 15 is 0 Å². The van der Waals surface area contributed by atoms with E-state index in [-0.39, 0.29) is 6.04 Å². The van der Waals surface area contributed by atoms with Crippen LogP contribution in [-0.2, 0) is 12.8 Å². The van der Waals surface area contributed by atoms with E-state index in [0.29, 0.717) is 0 Å². The minimum Gasteiger partial charge on any atom is -0.466 e. The fourth-order valence-corrected chi connectivity index (χ4v) is 4.20. The summed E-state index contributed by atoms with van der Waals surface area (Å²) in [5, 5.41) is 0. The first kappa shape index (κ1) is 12.4. The van der Waals surface area contributed by atoms with Crippen LogP contribution in [0.3, 0.4) is 0 Å². The van der Waals surface area contributed by atoms with E-state index in [1.807, 2.05) is 17.4 Å². The van der Waals surface area contributed by atoms with E-state index in [2.05, 4.69) is 27.4 Å². The van der Waals surface area contributed by atoms with Crippen LogP contribution in [0.4, 0.5) is 0 Å². The van der Waals surface area contributed by atoms with Gasteiger partial charge in [0, 0.05) is 9.75 Å². The highest BCUT2D eigenvalue weighted by Crippen LogP contribution is 2.37. The SMILES string of the molecule is NNC(c1cc2c(s1)CCCC2)c1occc1Br. The topological polar surface area (TPSA) is 51.2 Å². The first-order chi connectivity index (χ1) is 8.79. The molecule has 3 nitrogen and oxygen atoms in total. The van der Waals surface area contributed by atoms with Crippen molar-refractivity contribution >= 4 is 27.3 Å². The molecule has 0 spiro atoms. The third-order valence-corrected chi connectivity index (χ3v) is 5.33. The van der Waals surface area contributed by atoms with Gasteiger partial charge in [0.05, 0.1) is 10.7 Å². The van der Waals surface area contributed by atoms with E-state index in [4.69, 9.17) is 10.3 Å². The summed E-state index contributed by atoms with van der Waals surface area (Å²) in [4.78, 5) is 2.75. The van der Waals surface area contributed by atoms with Gasteiger partial charge in [-0.05, 0) is 59.3 Å². The summed E-state index contributed by atoms with van der Waals surface area (Å²) in [6, 6.07) is 4.11. The Morgan fingerprint density at radius 3 is 2.89 bits per heavy atom. The molecule has 96 valence electrons. The first-order valence-electron chi connectivity index (χ1n) is 6.10. The van der Waals surface area contributed by atoms with Gasteiger partial charge in [0.15, 0.2) is 0 Å². The van der Waals surface area contributed by atoms with Crippen LogP contribution in [0, 0.1) is 0 Å². The Bertz CT molecular complexity index is 525. The summed E-state index contributed by atoms with van der Waals surface area (Å²) in [7, 11) is 0. The number of thiophene rings is 1. The molecule has 5 heteroatoms. The predicted molar refractivity (Wildman–Crippen MR) is 76.5 cm³/mol. The first-order valence-corrected chi connectivity index (χ1v) is 7.71. The Balaban J connectivity index is 1.97. The van der Waals surface area contributed by atoms with Gasteiger partial charge in [-0.3, -0.25) is 5.84 Å². The monoisotopic (exact) mass is 326 g/mol. The van der Waals surface area contributed by atoms with Gasteiger partial charge in [-0.2, -0.15) is 0 Å². The van der Waals surface area contributed by atoms with Crippen molar-refractivity contribution in [3.63, 3.8) is 0 Å². The highest BCUT2D eigenvalue weighted by molar-refractivity contribution is 9.10. The van der Waals surface area contributed by atoms with Crippen LogP contribution in [0.1, 0.15) is 40.0 Å². The molecule has 1 atom stereocenters. The Labute approximate surface area is 118 Å². The van der Waals surface area contributed by atoms with Crippen molar-refractivity contribution in [1.29, 1.82) is 0 Å².